The van der Waals surface area contributed by atoms with E-state index in [-0.39, 0.29) is 17.9 Å². The first kappa shape index (κ1) is 22.1. The van der Waals surface area contributed by atoms with Crippen molar-refractivity contribution in [2.75, 3.05) is 27.1 Å². The molecule has 10 heteroatoms. The SMILES string of the molecule is COc1cc(-n2c(N)c(C(=O)NCc3ccco3)c3nc4ccccc4nc32)cc(OC)c1OC. The summed E-state index contributed by atoms with van der Waals surface area (Å²) in [5, 5.41) is 2.85. The Labute approximate surface area is 200 Å². The molecular formula is C25H23N5O5. The van der Waals surface area contributed by atoms with Crippen LogP contribution in [0.3, 0.4) is 0 Å². The predicted molar refractivity (Wildman–Crippen MR) is 130 cm³/mol. The van der Waals surface area contributed by atoms with E-state index in [9.17, 15) is 4.79 Å². The number of carbonyl (C=O) groups excluding carboxylic acids is 1. The lowest BCUT2D eigenvalue weighted by atomic mass is 10.2. The second kappa shape index (κ2) is 8.90. The van der Waals surface area contributed by atoms with Gasteiger partial charge in [-0.2, -0.15) is 0 Å². The fourth-order valence-corrected chi connectivity index (χ4v) is 4.01. The number of nitrogens with zero attached hydrogens (tertiary/aromatic N) is 3. The highest BCUT2D eigenvalue weighted by atomic mass is 16.5. The van der Waals surface area contributed by atoms with Crippen molar-refractivity contribution in [3.63, 3.8) is 0 Å². The molecule has 0 aliphatic rings. The molecule has 0 spiro atoms. The number of nitrogens with one attached hydrogen (secondary N) is 1. The molecule has 178 valence electrons. The Morgan fingerprint density at radius 2 is 1.69 bits per heavy atom. The average Bonchev–Trinajstić information content (AvgIpc) is 3.50. The van der Waals surface area contributed by atoms with Gasteiger partial charge in [-0.15, -0.1) is 0 Å². The Kier molecular flexibility index (Phi) is 5.61. The van der Waals surface area contributed by atoms with E-state index in [2.05, 4.69) is 5.32 Å². The van der Waals surface area contributed by atoms with Crippen LogP contribution in [0, 0.1) is 0 Å². The number of aromatic nitrogens is 3. The van der Waals surface area contributed by atoms with Gasteiger partial charge in [-0.25, -0.2) is 9.97 Å². The number of furan rings is 1. The maximum atomic E-state index is 13.3. The number of anilines is 1. The summed E-state index contributed by atoms with van der Waals surface area (Å²) in [6.45, 7) is 0.198. The Balaban J connectivity index is 1.74. The molecule has 0 aliphatic carbocycles. The highest BCUT2D eigenvalue weighted by Gasteiger charge is 2.26. The fraction of sp³-hybridized carbons (Fsp3) is 0.160. The molecule has 2 aromatic carbocycles. The first-order chi connectivity index (χ1) is 17.0. The Morgan fingerprint density at radius 3 is 2.29 bits per heavy atom. The second-order valence-electron chi connectivity index (χ2n) is 7.63. The van der Waals surface area contributed by atoms with Gasteiger partial charge >= 0.3 is 0 Å². The van der Waals surface area contributed by atoms with Gasteiger partial charge in [0.1, 0.15) is 22.7 Å². The Morgan fingerprint density at radius 1 is 1.00 bits per heavy atom. The van der Waals surface area contributed by atoms with Crippen LogP contribution in [0.25, 0.3) is 27.9 Å². The zero-order valence-corrected chi connectivity index (χ0v) is 19.4. The first-order valence-electron chi connectivity index (χ1n) is 10.7. The number of nitrogen functional groups attached to an aromatic ring is 1. The van der Waals surface area contributed by atoms with Gasteiger partial charge in [0.2, 0.25) is 5.75 Å². The molecule has 5 rings (SSSR count). The van der Waals surface area contributed by atoms with E-state index in [1.807, 2.05) is 24.3 Å². The van der Waals surface area contributed by atoms with Gasteiger partial charge in [0.05, 0.1) is 50.9 Å². The topological polar surface area (TPSA) is 127 Å². The number of nitrogens with two attached hydrogens (primary N) is 1. The fourth-order valence-electron chi connectivity index (χ4n) is 4.01. The number of rotatable bonds is 7. The molecular weight excluding hydrogens is 450 g/mol. The number of amides is 1. The van der Waals surface area contributed by atoms with Gasteiger partial charge in [0.25, 0.3) is 5.91 Å². The lowest BCUT2D eigenvalue weighted by Gasteiger charge is -2.16. The van der Waals surface area contributed by atoms with E-state index in [4.69, 9.17) is 34.3 Å². The lowest BCUT2D eigenvalue weighted by molar-refractivity contribution is 0.0950. The third-order valence-corrected chi connectivity index (χ3v) is 5.64. The molecule has 0 saturated carbocycles. The Hall–Kier alpha value is -4.73. The summed E-state index contributed by atoms with van der Waals surface area (Å²) < 4.78 is 23.4. The molecule has 10 nitrogen and oxygen atoms in total. The molecule has 3 aromatic heterocycles. The third kappa shape index (κ3) is 3.74. The van der Waals surface area contributed by atoms with E-state index in [0.29, 0.717) is 50.9 Å². The number of hydrogen-bond acceptors (Lipinski definition) is 8. The zero-order chi connectivity index (χ0) is 24.5. The number of carbonyl (C=O) groups is 1. The minimum Gasteiger partial charge on any atom is -0.493 e. The molecule has 0 unspecified atom stereocenters. The number of benzene rings is 2. The van der Waals surface area contributed by atoms with Gasteiger partial charge in [-0.3, -0.25) is 9.36 Å². The predicted octanol–water partition coefficient (Wildman–Crippen LogP) is 3.70. The van der Waals surface area contributed by atoms with Crippen LogP contribution in [-0.2, 0) is 6.54 Å². The molecule has 0 saturated heterocycles. The number of para-hydroxylation sites is 2. The number of methoxy groups -OCH3 is 3. The van der Waals surface area contributed by atoms with Crippen LogP contribution >= 0.6 is 0 Å². The summed E-state index contributed by atoms with van der Waals surface area (Å²) in [6.07, 6.45) is 1.55. The van der Waals surface area contributed by atoms with Crippen molar-refractivity contribution in [3.05, 3.63) is 66.1 Å². The van der Waals surface area contributed by atoms with Gasteiger partial charge in [-0.05, 0) is 24.3 Å². The molecule has 0 radical (unpaired) electrons. The monoisotopic (exact) mass is 473 g/mol. The van der Waals surface area contributed by atoms with Crippen molar-refractivity contribution in [1.29, 1.82) is 0 Å². The second-order valence-corrected chi connectivity index (χ2v) is 7.63. The van der Waals surface area contributed by atoms with Crippen molar-refractivity contribution in [2.24, 2.45) is 0 Å². The minimum atomic E-state index is -0.403. The molecule has 0 aliphatic heterocycles. The van der Waals surface area contributed by atoms with Crippen molar-refractivity contribution in [1.82, 2.24) is 19.9 Å². The van der Waals surface area contributed by atoms with Crippen LogP contribution in [-0.4, -0.2) is 41.8 Å². The van der Waals surface area contributed by atoms with Crippen molar-refractivity contribution in [3.8, 4) is 22.9 Å². The highest BCUT2D eigenvalue weighted by molar-refractivity contribution is 6.11. The number of fused-ring (bicyclic) bond motifs is 2. The van der Waals surface area contributed by atoms with E-state index in [1.165, 1.54) is 21.3 Å². The van der Waals surface area contributed by atoms with E-state index in [0.717, 1.165) is 0 Å². The number of ether oxygens (including phenoxy) is 3. The van der Waals surface area contributed by atoms with E-state index in [1.54, 1.807) is 35.1 Å². The van der Waals surface area contributed by atoms with Crippen LogP contribution in [0.2, 0.25) is 0 Å². The van der Waals surface area contributed by atoms with Crippen LogP contribution in [0.5, 0.6) is 17.2 Å². The third-order valence-electron chi connectivity index (χ3n) is 5.64. The van der Waals surface area contributed by atoms with Crippen molar-refractivity contribution in [2.45, 2.75) is 6.54 Å². The number of hydrogen-bond donors (Lipinski definition) is 2. The van der Waals surface area contributed by atoms with Crippen molar-refractivity contribution >= 4 is 33.9 Å². The van der Waals surface area contributed by atoms with E-state index < -0.39 is 5.91 Å². The zero-order valence-electron chi connectivity index (χ0n) is 19.4. The van der Waals surface area contributed by atoms with Gasteiger partial charge in [-0.1, -0.05) is 12.1 Å². The largest absolute Gasteiger partial charge is 0.493 e. The molecule has 1 amide bonds. The first-order valence-corrected chi connectivity index (χ1v) is 10.7. The molecule has 0 atom stereocenters. The average molecular weight is 473 g/mol. The smallest absolute Gasteiger partial charge is 0.257 e. The van der Waals surface area contributed by atoms with Gasteiger partial charge < -0.3 is 29.7 Å². The normalized spacial score (nSPS) is 11.1. The van der Waals surface area contributed by atoms with Gasteiger partial charge in [0, 0.05) is 12.1 Å². The van der Waals surface area contributed by atoms with Gasteiger partial charge in [0.15, 0.2) is 17.1 Å². The maximum Gasteiger partial charge on any atom is 0.257 e. The Bertz CT molecular complexity index is 1520. The summed E-state index contributed by atoms with van der Waals surface area (Å²) in [6, 6.07) is 14.4. The van der Waals surface area contributed by atoms with E-state index >= 15 is 0 Å². The molecule has 3 heterocycles. The summed E-state index contributed by atoms with van der Waals surface area (Å²) >= 11 is 0. The molecule has 5 aromatic rings. The summed E-state index contributed by atoms with van der Waals surface area (Å²) in [5.74, 6) is 1.67. The van der Waals surface area contributed by atoms with Crippen LogP contribution < -0.4 is 25.3 Å². The summed E-state index contributed by atoms with van der Waals surface area (Å²) in [4.78, 5) is 22.8. The molecule has 0 fully saturated rings. The lowest BCUT2D eigenvalue weighted by Crippen LogP contribution is -2.23. The summed E-state index contributed by atoms with van der Waals surface area (Å²) in [7, 11) is 4.58. The quantitative estimate of drug-likeness (QED) is 0.366. The van der Waals surface area contributed by atoms with Crippen LogP contribution in [0.15, 0.2) is 59.2 Å². The molecule has 3 N–H and O–H groups in total. The molecule has 35 heavy (non-hydrogen) atoms. The van der Waals surface area contributed by atoms with Crippen LogP contribution in [0.1, 0.15) is 16.1 Å². The van der Waals surface area contributed by atoms with Crippen LogP contribution in [0.4, 0.5) is 5.82 Å². The highest BCUT2D eigenvalue weighted by Crippen LogP contribution is 2.41. The minimum absolute atomic E-state index is 0.168. The molecule has 0 bridgehead atoms. The van der Waals surface area contributed by atoms with Crippen molar-refractivity contribution < 1.29 is 23.4 Å². The maximum absolute atomic E-state index is 13.3. The standard InChI is InChI=1S/C25H23N5O5/c1-32-18-11-14(12-19(33-2)22(18)34-3)30-23(26)20(25(31)27-13-15-7-6-10-35-15)21-24(30)29-17-9-5-4-8-16(17)28-21/h4-12H,13,26H2,1-3H3,(H,27,31). The summed E-state index contributed by atoms with van der Waals surface area (Å²) in [5.41, 5.74) is 9.46.